The summed E-state index contributed by atoms with van der Waals surface area (Å²) in [6.45, 7) is 4.79. The molecule has 4 heteroatoms. The molecular formula is C14H17ClN2O. The van der Waals surface area contributed by atoms with Crippen molar-refractivity contribution in [3.63, 3.8) is 0 Å². The third-order valence-corrected chi connectivity index (χ3v) is 2.94. The minimum Gasteiger partial charge on any atom is -0.299 e. The Balaban J connectivity index is 2.19. The largest absolute Gasteiger partial charge is 0.299 e. The molecule has 0 aliphatic rings. The van der Waals surface area contributed by atoms with Crippen molar-refractivity contribution < 1.29 is 0 Å². The molecule has 2 aromatic rings. The van der Waals surface area contributed by atoms with Gasteiger partial charge in [0, 0.05) is 16.8 Å². The van der Waals surface area contributed by atoms with Gasteiger partial charge < -0.3 is 0 Å². The lowest BCUT2D eigenvalue weighted by molar-refractivity contribution is 0.602. The fourth-order valence-corrected chi connectivity index (χ4v) is 2.18. The van der Waals surface area contributed by atoms with Crippen LogP contribution in [0.3, 0.4) is 0 Å². The van der Waals surface area contributed by atoms with Crippen molar-refractivity contribution >= 4 is 11.6 Å². The van der Waals surface area contributed by atoms with Crippen molar-refractivity contribution in [3.05, 3.63) is 57.0 Å². The van der Waals surface area contributed by atoms with Gasteiger partial charge in [-0.15, -0.1) is 0 Å². The highest BCUT2D eigenvalue weighted by Crippen LogP contribution is 2.11. The van der Waals surface area contributed by atoms with E-state index >= 15 is 0 Å². The van der Waals surface area contributed by atoms with E-state index in [0.29, 0.717) is 17.5 Å². The first-order valence-corrected chi connectivity index (χ1v) is 6.45. The summed E-state index contributed by atoms with van der Waals surface area (Å²) in [5.74, 6) is 0.530. The van der Waals surface area contributed by atoms with Gasteiger partial charge in [0.2, 0.25) is 0 Å². The molecule has 0 bridgehead atoms. The summed E-state index contributed by atoms with van der Waals surface area (Å²) in [7, 11) is 0. The Morgan fingerprint density at radius 2 is 2.11 bits per heavy atom. The molecule has 1 aromatic carbocycles. The lowest BCUT2D eigenvalue weighted by Crippen LogP contribution is -2.16. The van der Waals surface area contributed by atoms with E-state index in [9.17, 15) is 4.79 Å². The maximum atomic E-state index is 11.8. The Labute approximate surface area is 111 Å². The van der Waals surface area contributed by atoms with Crippen LogP contribution in [0.5, 0.6) is 0 Å². The van der Waals surface area contributed by atoms with Crippen molar-refractivity contribution in [3.8, 4) is 0 Å². The summed E-state index contributed by atoms with van der Waals surface area (Å²) in [5.41, 5.74) is 2.00. The molecule has 0 aliphatic carbocycles. The Bertz CT molecular complexity index is 583. The highest BCUT2D eigenvalue weighted by molar-refractivity contribution is 6.30. The average Bonchev–Trinajstić information content (AvgIpc) is 2.58. The molecule has 0 saturated carbocycles. The second-order valence-corrected chi connectivity index (χ2v) is 5.37. The van der Waals surface area contributed by atoms with Crippen LogP contribution in [0.2, 0.25) is 5.02 Å². The zero-order valence-electron chi connectivity index (χ0n) is 10.6. The molecule has 2 rings (SSSR count). The predicted molar refractivity (Wildman–Crippen MR) is 74.1 cm³/mol. The highest BCUT2D eigenvalue weighted by Gasteiger charge is 2.05. The smallest absolute Gasteiger partial charge is 0.267 e. The number of nitrogens with zero attached hydrogens (tertiary/aromatic N) is 1. The molecule has 18 heavy (non-hydrogen) atoms. The lowest BCUT2D eigenvalue weighted by Gasteiger charge is -2.04. The Hall–Kier alpha value is -1.48. The standard InChI is InChI=1S/C14H17ClN2O/c1-10(2)6-13-8-14(18)17(16-13)9-11-4-3-5-12(15)7-11/h3-5,7-8,10,16H,6,9H2,1-2H3. The number of rotatable bonds is 4. The first-order chi connectivity index (χ1) is 8.54. The number of H-pyrrole nitrogens is 1. The number of benzene rings is 1. The van der Waals surface area contributed by atoms with Crippen LogP contribution in [0.4, 0.5) is 0 Å². The first kappa shape index (κ1) is 13.0. The zero-order chi connectivity index (χ0) is 13.1. The summed E-state index contributed by atoms with van der Waals surface area (Å²) < 4.78 is 1.61. The third-order valence-electron chi connectivity index (χ3n) is 2.70. The topological polar surface area (TPSA) is 37.8 Å². The molecular weight excluding hydrogens is 248 g/mol. The van der Waals surface area contributed by atoms with Crippen molar-refractivity contribution in [2.75, 3.05) is 0 Å². The molecule has 0 amide bonds. The summed E-state index contributed by atoms with van der Waals surface area (Å²) >= 11 is 5.93. The summed E-state index contributed by atoms with van der Waals surface area (Å²) in [4.78, 5) is 11.8. The van der Waals surface area contributed by atoms with E-state index in [2.05, 4.69) is 18.9 Å². The van der Waals surface area contributed by atoms with E-state index in [0.717, 1.165) is 17.7 Å². The summed E-state index contributed by atoms with van der Waals surface area (Å²) in [6, 6.07) is 9.22. The fourth-order valence-electron chi connectivity index (χ4n) is 1.97. The van der Waals surface area contributed by atoms with Gasteiger partial charge in [-0.1, -0.05) is 37.6 Å². The SMILES string of the molecule is CC(C)Cc1cc(=O)n(Cc2cccc(Cl)c2)[nH]1. The van der Waals surface area contributed by atoms with E-state index in [1.807, 2.05) is 24.3 Å². The van der Waals surface area contributed by atoms with E-state index < -0.39 is 0 Å². The minimum atomic E-state index is 0.00521. The number of hydrogen-bond donors (Lipinski definition) is 1. The second kappa shape index (κ2) is 5.44. The minimum absolute atomic E-state index is 0.00521. The number of aromatic amines is 1. The van der Waals surface area contributed by atoms with Crippen molar-refractivity contribution in [2.24, 2.45) is 5.92 Å². The molecule has 3 nitrogen and oxygen atoms in total. The molecule has 0 atom stereocenters. The predicted octanol–water partition coefficient (Wildman–Crippen LogP) is 3.08. The zero-order valence-corrected chi connectivity index (χ0v) is 11.4. The first-order valence-electron chi connectivity index (χ1n) is 6.08. The average molecular weight is 265 g/mol. The summed E-state index contributed by atoms with van der Waals surface area (Å²) in [5, 5.41) is 3.83. The molecule has 0 spiro atoms. The van der Waals surface area contributed by atoms with Crippen LogP contribution in [0.25, 0.3) is 0 Å². The number of hydrogen-bond acceptors (Lipinski definition) is 1. The van der Waals surface area contributed by atoms with Crippen molar-refractivity contribution in [1.82, 2.24) is 9.78 Å². The van der Waals surface area contributed by atoms with Crippen LogP contribution < -0.4 is 5.56 Å². The van der Waals surface area contributed by atoms with E-state index in [4.69, 9.17) is 11.6 Å². The lowest BCUT2D eigenvalue weighted by atomic mass is 10.1. The number of halogens is 1. The van der Waals surface area contributed by atoms with Crippen LogP contribution in [0.15, 0.2) is 35.1 Å². The quantitative estimate of drug-likeness (QED) is 0.905. The monoisotopic (exact) mass is 264 g/mol. The molecule has 0 unspecified atom stereocenters. The molecule has 0 aliphatic heterocycles. The molecule has 1 heterocycles. The fraction of sp³-hybridized carbons (Fsp3) is 0.357. The maximum absolute atomic E-state index is 11.8. The van der Waals surface area contributed by atoms with Gasteiger partial charge in [0.15, 0.2) is 0 Å². The van der Waals surface area contributed by atoms with Gasteiger partial charge in [0.25, 0.3) is 5.56 Å². The van der Waals surface area contributed by atoms with E-state index in [1.165, 1.54) is 0 Å². The molecule has 0 fully saturated rings. The van der Waals surface area contributed by atoms with Crippen LogP contribution >= 0.6 is 11.6 Å². The second-order valence-electron chi connectivity index (χ2n) is 4.93. The van der Waals surface area contributed by atoms with Crippen LogP contribution in [0.1, 0.15) is 25.1 Å². The normalized spacial score (nSPS) is 11.1. The van der Waals surface area contributed by atoms with Gasteiger partial charge in [0.1, 0.15) is 0 Å². The van der Waals surface area contributed by atoms with Gasteiger partial charge in [-0.05, 0) is 30.0 Å². The molecule has 1 N–H and O–H groups in total. The van der Waals surface area contributed by atoms with E-state index in [1.54, 1.807) is 10.7 Å². The highest BCUT2D eigenvalue weighted by atomic mass is 35.5. The number of aromatic nitrogens is 2. The molecule has 1 aromatic heterocycles. The molecule has 0 radical (unpaired) electrons. The van der Waals surface area contributed by atoms with Gasteiger partial charge in [-0.3, -0.25) is 9.89 Å². The third kappa shape index (κ3) is 3.26. The van der Waals surface area contributed by atoms with Crippen molar-refractivity contribution in [2.45, 2.75) is 26.8 Å². The van der Waals surface area contributed by atoms with Gasteiger partial charge in [0.05, 0.1) is 6.54 Å². The number of nitrogens with one attached hydrogen (secondary N) is 1. The van der Waals surface area contributed by atoms with Gasteiger partial charge >= 0.3 is 0 Å². The summed E-state index contributed by atoms with van der Waals surface area (Å²) in [6.07, 6.45) is 0.887. The van der Waals surface area contributed by atoms with Crippen LogP contribution in [0, 0.1) is 5.92 Å². The van der Waals surface area contributed by atoms with Crippen LogP contribution in [-0.4, -0.2) is 9.78 Å². The molecule has 96 valence electrons. The van der Waals surface area contributed by atoms with E-state index in [-0.39, 0.29) is 5.56 Å². The van der Waals surface area contributed by atoms with Crippen LogP contribution in [-0.2, 0) is 13.0 Å². The Morgan fingerprint density at radius 3 is 2.78 bits per heavy atom. The van der Waals surface area contributed by atoms with Crippen molar-refractivity contribution in [1.29, 1.82) is 0 Å². The molecule has 0 saturated heterocycles. The van der Waals surface area contributed by atoms with Gasteiger partial charge in [-0.25, -0.2) is 4.68 Å². The van der Waals surface area contributed by atoms with Gasteiger partial charge in [-0.2, -0.15) is 0 Å². The Kier molecular flexibility index (Phi) is 3.92. The Morgan fingerprint density at radius 1 is 1.33 bits per heavy atom. The maximum Gasteiger partial charge on any atom is 0.267 e.